The summed E-state index contributed by atoms with van der Waals surface area (Å²) >= 11 is 2.24. The Morgan fingerprint density at radius 3 is 2.73 bits per heavy atom. The minimum atomic E-state index is -0.250. The molecule has 1 N–H and O–H groups in total. The molecule has 1 saturated heterocycles. The van der Waals surface area contributed by atoms with Gasteiger partial charge in [0.1, 0.15) is 6.54 Å². The van der Waals surface area contributed by atoms with Gasteiger partial charge >= 0.3 is 0 Å². The van der Waals surface area contributed by atoms with Gasteiger partial charge in [-0.25, -0.2) is 5.43 Å². The van der Waals surface area contributed by atoms with E-state index in [1.165, 1.54) is 0 Å². The summed E-state index contributed by atoms with van der Waals surface area (Å²) in [5.41, 5.74) is 4.24. The number of hydrogen-bond acceptors (Lipinski definition) is 3. The molecule has 1 aromatic carbocycles. The summed E-state index contributed by atoms with van der Waals surface area (Å²) in [7, 11) is 0. The number of carbonyl (C=O) groups is 2. The minimum absolute atomic E-state index is 0.0611. The largest absolute Gasteiger partial charge is 0.333 e. The predicted octanol–water partition coefficient (Wildman–Crippen LogP) is 2.53. The highest BCUT2D eigenvalue weighted by atomic mass is 127. The average molecular weight is 413 g/mol. The van der Waals surface area contributed by atoms with Crippen molar-refractivity contribution in [2.45, 2.75) is 32.6 Å². The highest BCUT2D eigenvalue weighted by Gasteiger charge is 2.18. The molecule has 0 atom stereocenters. The van der Waals surface area contributed by atoms with E-state index in [2.05, 4.69) is 33.1 Å². The molecule has 1 fully saturated rings. The van der Waals surface area contributed by atoms with Gasteiger partial charge in [-0.2, -0.15) is 5.10 Å². The van der Waals surface area contributed by atoms with Crippen LogP contribution < -0.4 is 5.43 Å². The van der Waals surface area contributed by atoms with Crippen molar-refractivity contribution in [1.29, 1.82) is 0 Å². The third-order valence-corrected chi connectivity index (χ3v) is 4.34. The van der Waals surface area contributed by atoms with Crippen LogP contribution in [0.3, 0.4) is 0 Å². The Hall–Kier alpha value is -1.44. The van der Waals surface area contributed by atoms with E-state index in [4.69, 9.17) is 0 Å². The Kier molecular flexibility index (Phi) is 6.35. The molecule has 118 valence electrons. The smallest absolute Gasteiger partial charge is 0.259 e. The number of hydrazone groups is 1. The first-order valence-corrected chi connectivity index (χ1v) is 8.51. The Bertz CT molecular complexity index is 569. The molecular weight excluding hydrogens is 393 g/mol. The van der Waals surface area contributed by atoms with E-state index in [9.17, 15) is 9.59 Å². The van der Waals surface area contributed by atoms with Crippen LogP contribution in [0.25, 0.3) is 0 Å². The summed E-state index contributed by atoms with van der Waals surface area (Å²) in [6.07, 6.45) is 3.47. The molecule has 1 heterocycles. The number of rotatable bonds is 4. The third kappa shape index (κ3) is 5.08. The second-order valence-corrected chi connectivity index (χ2v) is 6.61. The van der Waals surface area contributed by atoms with Crippen molar-refractivity contribution < 1.29 is 9.59 Å². The standard InChI is InChI=1S/C16H20IN3O2/c1-12(13-6-8-14(17)9-7-13)18-19-15(21)11-20-10-4-2-3-5-16(20)22/h6-9H,2-5,10-11H2,1H3,(H,19,21)/b18-12-. The molecule has 1 aromatic rings. The first kappa shape index (κ1) is 16.9. The zero-order valence-electron chi connectivity index (χ0n) is 12.6. The molecule has 0 saturated carbocycles. The van der Waals surface area contributed by atoms with Crippen LogP contribution in [0.1, 0.15) is 38.2 Å². The summed E-state index contributed by atoms with van der Waals surface area (Å²) in [6.45, 7) is 2.59. The molecular formula is C16H20IN3O2. The summed E-state index contributed by atoms with van der Waals surface area (Å²) in [5, 5.41) is 4.11. The molecule has 0 aliphatic carbocycles. The number of benzene rings is 1. The fourth-order valence-corrected chi connectivity index (χ4v) is 2.68. The molecule has 22 heavy (non-hydrogen) atoms. The zero-order chi connectivity index (χ0) is 15.9. The Morgan fingerprint density at radius 1 is 1.27 bits per heavy atom. The maximum Gasteiger partial charge on any atom is 0.259 e. The van der Waals surface area contributed by atoms with E-state index in [1.807, 2.05) is 31.2 Å². The van der Waals surface area contributed by atoms with Gasteiger partial charge in [0.15, 0.2) is 0 Å². The lowest BCUT2D eigenvalue weighted by molar-refractivity contribution is -0.135. The SMILES string of the molecule is C/C(=N/NC(=O)CN1CCCCCC1=O)c1ccc(I)cc1. The topological polar surface area (TPSA) is 61.8 Å². The van der Waals surface area contributed by atoms with E-state index in [1.54, 1.807) is 4.90 Å². The molecule has 0 unspecified atom stereocenters. The lowest BCUT2D eigenvalue weighted by atomic mass is 10.1. The molecule has 0 bridgehead atoms. The Labute approximate surface area is 144 Å². The number of nitrogens with zero attached hydrogens (tertiary/aromatic N) is 2. The summed E-state index contributed by atoms with van der Waals surface area (Å²) in [6, 6.07) is 7.91. The molecule has 1 aliphatic heterocycles. The van der Waals surface area contributed by atoms with Crippen LogP contribution in [0.2, 0.25) is 0 Å². The maximum absolute atomic E-state index is 11.9. The van der Waals surface area contributed by atoms with Crippen molar-refractivity contribution in [3.05, 3.63) is 33.4 Å². The summed E-state index contributed by atoms with van der Waals surface area (Å²) in [5.74, 6) is -0.189. The highest BCUT2D eigenvalue weighted by Crippen LogP contribution is 2.10. The van der Waals surface area contributed by atoms with Gasteiger partial charge in [0.2, 0.25) is 5.91 Å². The van der Waals surface area contributed by atoms with Crippen molar-refractivity contribution in [3.63, 3.8) is 0 Å². The fraction of sp³-hybridized carbons (Fsp3) is 0.438. The summed E-state index contributed by atoms with van der Waals surface area (Å²) in [4.78, 5) is 25.4. The van der Waals surface area contributed by atoms with Crippen molar-refractivity contribution in [2.24, 2.45) is 5.10 Å². The highest BCUT2D eigenvalue weighted by molar-refractivity contribution is 14.1. The molecule has 1 aliphatic rings. The molecule has 2 rings (SSSR count). The van der Waals surface area contributed by atoms with E-state index in [0.717, 1.165) is 34.1 Å². The van der Waals surface area contributed by atoms with Crippen molar-refractivity contribution >= 4 is 40.1 Å². The van der Waals surface area contributed by atoms with Crippen LogP contribution in [-0.4, -0.2) is 35.5 Å². The molecule has 0 aromatic heterocycles. The first-order chi connectivity index (χ1) is 10.6. The number of likely N-dealkylation sites (tertiary alicyclic amines) is 1. The van der Waals surface area contributed by atoms with E-state index in [0.29, 0.717) is 13.0 Å². The first-order valence-electron chi connectivity index (χ1n) is 7.43. The van der Waals surface area contributed by atoms with E-state index < -0.39 is 0 Å². The van der Waals surface area contributed by atoms with Crippen molar-refractivity contribution in [2.75, 3.05) is 13.1 Å². The molecule has 5 nitrogen and oxygen atoms in total. The molecule has 0 spiro atoms. The predicted molar refractivity (Wildman–Crippen MR) is 94.6 cm³/mol. The molecule has 2 amide bonds. The van der Waals surface area contributed by atoms with Crippen LogP contribution >= 0.6 is 22.6 Å². The van der Waals surface area contributed by atoms with Gasteiger partial charge in [-0.1, -0.05) is 18.6 Å². The van der Waals surface area contributed by atoms with Gasteiger partial charge in [-0.3, -0.25) is 9.59 Å². The Balaban J connectivity index is 1.89. The van der Waals surface area contributed by atoms with Gasteiger partial charge in [-0.05, 0) is 60.1 Å². The number of amides is 2. The third-order valence-electron chi connectivity index (χ3n) is 3.62. The average Bonchev–Trinajstić information content (AvgIpc) is 2.70. The van der Waals surface area contributed by atoms with Gasteiger partial charge in [0, 0.05) is 16.5 Å². The Morgan fingerprint density at radius 2 is 2.00 bits per heavy atom. The van der Waals surface area contributed by atoms with Gasteiger partial charge in [0.05, 0.1) is 5.71 Å². The number of nitrogens with one attached hydrogen (secondary N) is 1. The molecule has 6 heteroatoms. The number of halogens is 1. The van der Waals surface area contributed by atoms with Crippen LogP contribution in [0.5, 0.6) is 0 Å². The normalized spacial score (nSPS) is 16.4. The van der Waals surface area contributed by atoms with Crippen LogP contribution in [0, 0.1) is 3.57 Å². The monoisotopic (exact) mass is 413 g/mol. The second-order valence-electron chi connectivity index (χ2n) is 5.37. The zero-order valence-corrected chi connectivity index (χ0v) is 14.8. The van der Waals surface area contributed by atoms with Gasteiger partial charge < -0.3 is 4.90 Å². The quantitative estimate of drug-likeness (QED) is 0.469. The minimum Gasteiger partial charge on any atom is -0.333 e. The molecule has 0 radical (unpaired) electrons. The lowest BCUT2D eigenvalue weighted by Crippen LogP contribution is -2.39. The maximum atomic E-state index is 11.9. The van der Waals surface area contributed by atoms with Crippen molar-refractivity contribution in [3.8, 4) is 0 Å². The van der Waals surface area contributed by atoms with Crippen LogP contribution in [-0.2, 0) is 9.59 Å². The number of hydrogen-bond donors (Lipinski definition) is 1. The summed E-state index contributed by atoms with van der Waals surface area (Å²) < 4.78 is 1.15. The fourth-order valence-electron chi connectivity index (χ4n) is 2.32. The number of carbonyl (C=O) groups excluding carboxylic acids is 2. The second kappa shape index (κ2) is 8.26. The van der Waals surface area contributed by atoms with Crippen LogP contribution in [0.4, 0.5) is 0 Å². The van der Waals surface area contributed by atoms with Crippen LogP contribution in [0.15, 0.2) is 29.4 Å². The van der Waals surface area contributed by atoms with E-state index in [-0.39, 0.29) is 18.4 Å². The van der Waals surface area contributed by atoms with Gasteiger partial charge in [-0.15, -0.1) is 0 Å². The van der Waals surface area contributed by atoms with Crippen molar-refractivity contribution in [1.82, 2.24) is 10.3 Å². The van der Waals surface area contributed by atoms with Gasteiger partial charge in [0.25, 0.3) is 5.91 Å². The lowest BCUT2D eigenvalue weighted by Gasteiger charge is -2.19. The van der Waals surface area contributed by atoms with E-state index >= 15 is 0 Å².